The fraction of sp³-hybridized carbons (Fsp3) is 0.154. The number of carbonyl (C=O) groups excluding carboxylic acids is 1. The molecule has 36 heavy (non-hydrogen) atoms. The number of furan rings is 2. The number of hydrogen-bond donors (Lipinski definition) is 3. The summed E-state index contributed by atoms with van der Waals surface area (Å²) in [5, 5.41) is 29.0. The second kappa shape index (κ2) is 12.2. The molecule has 0 aliphatic heterocycles. The smallest absolute Gasteiger partial charge is 0.374 e. The van der Waals surface area contributed by atoms with E-state index in [0.29, 0.717) is 52.1 Å². The lowest BCUT2D eigenvalue weighted by Crippen LogP contribution is -2.02. The van der Waals surface area contributed by atoms with E-state index >= 15 is 0 Å². The molecule has 0 fully saturated rings. The Morgan fingerprint density at radius 1 is 0.778 bits per heavy atom. The molecule has 2 heterocycles. The largest absolute Gasteiger partial charge is 0.508 e. The summed E-state index contributed by atoms with van der Waals surface area (Å²) in [6.45, 7) is 2.02. The predicted octanol–water partition coefficient (Wildman–Crippen LogP) is 6.33. The molecule has 0 atom stereocenters. The van der Waals surface area contributed by atoms with Gasteiger partial charge in [0.2, 0.25) is 11.5 Å². The van der Waals surface area contributed by atoms with Crippen LogP contribution in [-0.4, -0.2) is 33.9 Å². The summed E-state index contributed by atoms with van der Waals surface area (Å²) in [6, 6.07) is 15.6. The van der Waals surface area contributed by atoms with Gasteiger partial charge in [0.1, 0.15) is 23.0 Å². The molecule has 4 aromatic rings. The Bertz CT molecular complexity index is 1360. The van der Waals surface area contributed by atoms with Crippen LogP contribution in [0.15, 0.2) is 69.5 Å². The van der Waals surface area contributed by atoms with Crippen molar-refractivity contribution in [1.82, 2.24) is 0 Å². The third-order valence-electron chi connectivity index (χ3n) is 4.82. The predicted molar refractivity (Wildman–Crippen MR) is 132 cm³/mol. The Morgan fingerprint density at radius 2 is 1.25 bits per heavy atom. The highest BCUT2D eigenvalue weighted by Gasteiger charge is 2.14. The van der Waals surface area contributed by atoms with Crippen molar-refractivity contribution >= 4 is 35.1 Å². The van der Waals surface area contributed by atoms with Crippen LogP contribution in [0.4, 0.5) is 0 Å². The summed E-state index contributed by atoms with van der Waals surface area (Å²) in [5.41, 5.74) is 1.22. The Kier molecular flexibility index (Phi) is 9.05. The monoisotopic (exact) mass is 532 g/mol. The van der Waals surface area contributed by atoms with Crippen molar-refractivity contribution in [2.24, 2.45) is 0 Å². The first-order valence-electron chi connectivity index (χ1n) is 10.7. The lowest BCUT2D eigenvalue weighted by atomic mass is 10.1. The first-order valence-corrected chi connectivity index (χ1v) is 11.4. The normalized spacial score (nSPS) is 10.4. The molecule has 0 saturated carbocycles. The average Bonchev–Trinajstić information content (AvgIpc) is 3.49. The quantitative estimate of drug-likeness (QED) is 0.235. The topological polar surface area (TPSA) is 130 Å². The van der Waals surface area contributed by atoms with Gasteiger partial charge >= 0.3 is 11.9 Å². The molecule has 10 heteroatoms. The van der Waals surface area contributed by atoms with Crippen molar-refractivity contribution in [3.8, 4) is 11.5 Å². The van der Waals surface area contributed by atoms with E-state index in [1.807, 2.05) is 0 Å². The summed E-state index contributed by atoms with van der Waals surface area (Å²) >= 11 is 11.7. The number of aromatic carboxylic acids is 1. The highest BCUT2D eigenvalue weighted by atomic mass is 35.5. The lowest BCUT2D eigenvalue weighted by Gasteiger charge is -2.03. The van der Waals surface area contributed by atoms with Gasteiger partial charge in [0.15, 0.2) is 0 Å². The molecule has 2 aromatic carbocycles. The van der Waals surface area contributed by atoms with E-state index in [-0.39, 0.29) is 23.0 Å². The Labute approximate surface area is 216 Å². The molecule has 0 aliphatic carbocycles. The minimum absolute atomic E-state index is 0.0997. The number of halogens is 2. The molecular weight excluding hydrogens is 511 g/mol. The molecule has 0 spiro atoms. The van der Waals surface area contributed by atoms with Crippen molar-refractivity contribution in [2.75, 3.05) is 6.61 Å². The number of ether oxygens (including phenoxy) is 1. The number of esters is 1. The third kappa shape index (κ3) is 7.31. The van der Waals surface area contributed by atoms with E-state index in [0.717, 1.165) is 0 Å². The summed E-state index contributed by atoms with van der Waals surface area (Å²) in [6.07, 6.45) is 0.644. The summed E-state index contributed by atoms with van der Waals surface area (Å²) in [7, 11) is 0. The van der Waals surface area contributed by atoms with Gasteiger partial charge in [-0.15, -0.1) is 0 Å². The number of carbonyl (C=O) groups is 2. The van der Waals surface area contributed by atoms with Gasteiger partial charge < -0.3 is 28.9 Å². The molecular formula is C26H22Cl2O8. The maximum absolute atomic E-state index is 11.4. The number of carboxylic acid groups (broad SMARTS) is 1. The number of hydrogen-bond acceptors (Lipinski definition) is 7. The SMILES string of the molecule is CCOC(=O)c1ccc(Cc2cc(Cl)ccc2O)o1.O=C(O)c1ccc(Cc2cc(Cl)ccc2O)o1. The minimum Gasteiger partial charge on any atom is -0.508 e. The van der Waals surface area contributed by atoms with Crippen LogP contribution in [0.1, 0.15) is 50.7 Å². The Balaban J connectivity index is 0.000000202. The van der Waals surface area contributed by atoms with Gasteiger partial charge in [0, 0.05) is 34.0 Å². The van der Waals surface area contributed by atoms with E-state index in [4.69, 9.17) is 41.9 Å². The van der Waals surface area contributed by atoms with Gasteiger partial charge in [0.25, 0.3) is 0 Å². The minimum atomic E-state index is -1.12. The van der Waals surface area contributed by atoms with Crippen molar-refractivity contribution in [2.45, 2.75) is 19.8 Å². The van der Waals surface area contributed by atoms with Gasteiger partial charge in [-0.25, -0.2) is 9.59 Å². The summed E-state index contributed by atoms with van der Waals surface area (Å²) in [5.74, 6) is -0.336. The van der Waals surface area contributed by atoms with Crippen molar-refractivity contribution in [3.05, 3.63) is 105 Å². The Hall–Kier alpha value is -3.88. The van der Waals surface area contributed by atoms with Crippen LogP contribution in [0.3, 0.4) is 0 Å². The zero-order chi connectivity index (χ0) is 26.2. The Morgan fingerprint density at radius 3 is 1.69 bits per heavy atom. The molecule has 0 radical (unpaired) electrons. The molecule has 0 unspecified atom stereocenters. The molecule has 3 N–H and O–H groups in total. The molecule has 0 saturated heterocycles. The number of carboxylic acids is 1. The van der Waals surface area contributed by atoms with Crippen LogP contribution < -0.4 is 0 Å². The number of rotatable bonds is 7. The lowest BCUT2D eigenvalue weighted by molar-refractivity contribution is 0.0488. The first kappa shape index (κ1) is 26.7. The van der Waals surface area contributed by atoms with Gasteiger partial charge in [-0.05, 0) is 67.6 Å². The summed E-state index contributed by atoms with van der Waals surface area (Å²) in [4.78, 5) is 22.1. The third-order valence-corrected chi connectivity index (χ3v) is 5.29. The van der Waals surface area contributed by atoms with Crippen LogP contribution in [0, 0.1) is 0 Å². The van der Waals surface area contributed by atoms with Crippen LogP contribution in [0.2, 0.25) is 10.0 Å². The molecule has 0 bridgehead atoms. The molecule has 0 amide bonds. The van der Waals surface area contributed by atoms with Gasteiger partial charge in [-0.2, -0.15) is 0 Å². The van der Waals surface area contributed by atoms with Gasteiger partial charge in [-0.1, -0.05) is 23.2 Å². The number of aromatic hydroxyl groups is 2. The second-order valence-corrected chi connectivity index (χ2v) is 8.33. The van der Waals surface area contributed by atoms with Crippen LogP contribution in [-0.2, 0) is 17.6 Å². The second-order valence-electron chi connectivity index (χ2n) is 7.46. The highest BCUT2D eigenvalue weighted by Crippen LogP contribution is 2.26. The zero-order valence-corrected chi connectivity index (χ0v) is 20.5. The van der Waals surface area contributed by atoms with Gasteiger partial charge in [-0.3, -0.25) is 0 Å². The van der Waals surface area contributed by atoms with E-state index in [2.05, 4.69) is 0 Å². The van der Waals surface area contributed by atoms with E-state index in [1.165, 1.54) is 18.2 Å². The number of benzene rings is 2. The number of phenols is 2. The number of phenolic OH excluding ortho intramolecular Hbond substituents is 2. The van der Waals surface area contributed by atoms with Gasteiger partial charge in [0.05, 0.1) is 6.61 Å². The fourth-order valence-electron chi connectivity index (χ4n) is 3.14. The first-order chi connectivity index (χ1) is 17.2. The maximum Gasteiger partial charge on any atom is 0.374 e. The maximum atomic E-state index is 11.4. The van der Waals surface area contributed by atoms with Crippen molar-refractivity contribution in [1.29, 1.82) is 0 Å². The molecule has 0 aliphatic rings. The highest BCUT2D eigenvalue weighted by molar-refractivity contribution is 6.31. The van der Waals surface area contributed by atoms with E-state index in [1.54, 1.807) is 49.4 Å². The standard InChI is InChI=1S/C14H13ClO4.C12H9ClO4/c1-2-18-14(17)13-6-4-11(19-13)8-9-7-10(15)3-5-12(9)16;13-8-1-3-10(14)7(5-8)6-9-2-4-11(17-9)12(15)16/h3-7,16H,2,8H2,1H3;1-5,14H,6H2,(H,15,16). The van der Waals surface area contributed by atoms with Crippen LogP contribution >= 0.6 is 23.2 Å². The van der Waals surface area contributed by atoms with Crippen molar-refractivity contribution < 1.29 is 38.5 Å². The fourth-order valence-corrected chi connectivity index (χ4v) is 3.53. The zero-order valence-electron chi connectivity index (χ0n) is 19.0. The molecule has 2 aromatic heterocycles. The molecule has 188 valence electrons. The molecule has 8 nitrogen and oxygen atoms in total. The van der Waals surface area contributed by atoms with Crippen molar-refractivity contribution in [3.63, 3.8) is 0 Å². The van der Waals surface area contributed by atoms with E-state index < -0.39 is 11.9 Å². The summed E-state index contributed by atoms with van der Waals surface area (Å²) < 4.78 is 15.3. The molecule has 4 rings (SSSR count). The van der Waals surface area contributed by atoms with E-state index in [9.17, 15) is 19.8 Å². The average molecular weight is 533 g/mol. The van der Waals surface area contributed by atoms with Crippen LogP contribution in [0.25, 0.3) is 0 Å². The van der Waals surface area contributed by atoms with Crippen LogP contribution in [0.5, 0.6) is 11.5 Å².